The van der Waals surface area contributed by atoms with Crippen LogP contribution in [0.25, 0.3) is 10.8 Å². The maximum absolute atomic E-state index is 6.10. The van der Waals surface area contributed by atoms with Crippen molar-refractivity contribution < 1.29 is 0 Å². The molecule has 78 valence electrons. The molecule has 0 aliphatic heterocycles. The summed E-state index contributed by atoms with van der Waals surface area (Å²) >= 11 is 0. The molecule has 0 radical (unpaired) electrons. The summed E-state index contributed by atoms with van der Waals surface area (Å²) in [6.45, 7) is 8.51. The number of fused-ring (bicyclic) bond motifs is 1. The van der Waals surface area contributed by atoms with Gasteiger partial charge in [0.25, 0.3) is 0 Å². The van der Waals surface area contributed by atoms with Crippen LogP contribution in [-0.4, -0.2) is 0 Å². The molecule has 0 saturated carbocycles. The van der Waals surface area contributed by atoms with Crippen LogP contribution in [0.3, 0.4) is 0 Å². The third-order valence-electron chi connectivity index (χ3n) is 3.42. The van der Waals surface area contributed by atoms with Crippen molar-refractivity contribution in [2.75, 3.05) is 5.73 Å². The summed E-state index contributed by atoms with van der Waals surface area (Å²) in [7, 11) is 0. The molecule has 2 aromatic carbocycles. The summed E-state index contributed by atoms with van der Waals surface area (Å²) in [5.74, 6) is 0. The Morgan fingerprint density at radius 1 is 0.867 bits per heavy atom. The summed E-state index contributed by atoms with van der Waals surface area (Å²) in [5, 5.41) is 2.65. The monoisotopic (exact) mass is 199 g/mol. The lowest BCUT2D eigenvalue weighted by atomic mass is 9.92. The van der Waals surface area contributed by atoms with Gasteiger partial charge in [0, 0.05) is 5.69 Å². The fraction of sp³-hybridized carbons (Fsp3) is 0.286. The normalized spacial score (nSPS) is 10.9. The molecule has 1 heteroatoms. The van der Waals surface area contributed by atoms with Gasteiger partial charge in [-0.15, -0.1) is 0 Å². The van der Waals surface area contributed by atoms with Crippen molar-refractivity contribution in [3.05, 3.63) is 40.5 Å². The maximum atomic E-state index is 6.10. The minimum absolute atomic E-state index is 0.936. The molecule has 0 amide bonds. The van der Waals surface area contributed by atoms with E-state index in [1.165, 1.54) is 33.0 Å². The molecule has 2 N–H and O–H groups in total. The van der Waals surface area contributed by atoms with E-state index >= 15 is 0 Å². The smallest absolute Gasteiger partial charge is 0.0382 e. The van der Waals surface area contributed by atoms with Crippen LogP contribution in [0.15, 0.2) is 18.2 Å². The van der Waals surface area contributed by atoms with Crippen LogP contribution in [-0.2, 0) is 0 Å². The van der Waals surface area contributed by atoms with Crippen molar-refractivity contribution in [2.45, 2.75) is 27.7 Å². The highest BCUT2D eigenvalue weighted by molar-refractivity contribution is 5.95. The summed E-state index contributed by atoms with van der Waals surface area (Å²) in [4.78, 5) is 0. The van der Waals surface area contributed by atoms with Crippen LogP contribution < -0.4 is 5.73 Å². The number of rotatable bonds is 0. The molecular formula is C14H17N. The Balaban J connectivity index is 3.08. The zero-order valence-corrected chi connectivity index (χ0v) is 9.81. The van der Waals surface area contributed by atoms with E-state index in [-0.39, 0.29) is 0 Å². The molecule has 2 aromatic rings. The highest BCUT2D eigenvalue weighted by Crippen LogP contribution is 2.32. The summed E-state index contributed by atoms with van der Waals surface area (Å²) in [6.07, 6.45) is 0. The second-order valence-electron chi connectivity index (χ2n) is 4.29. The molecule has 0 spiro atoms. The lowest BCUT2D eigenvalue weighted by Crippen LogP contribution is -1.99. The number of benzene rings is 2. The van der Waals surface area contributed by atoms with Crippen molar-refractivity contribution in [3.63, 3.8) is 0 Å². The van der Waals surface area contributed by atoms with Crippen molar-refractivity contribution in [3.8, 4) is 0 Å². The third-order valence-corrected chi connectivity index (χ3v) is 3.42. The van der Waals surface area contributed by atoms with E-state index in [2.05, 4.69) is 45.9 Å². The number of hydrogen-bond acceptors (Lipinski definition) is 1. The zero-order chi connectivity index (χ0) is 11.2. The lowest BCUT2D eigenvalue weighted by molar-refractivity contribution is 1.33. The van der Waals surface area contributed by atoms with Crippen LogP contribution >= 0.6 is 0 Å². The molecule has 2 rings (SSSR count). The van der Waals surface area contributed by atoms with Crippen LogP contribution in [0.2, 0.25) is 0 Å². The van der Waals surface area contributed by atoms with E-state index in [4.69, 9.17) is 5.73 Å². The molecule has 0 aliphatic carbocycles. The SMILES string of the molecule is Cc1c(N)c(C)c2cccc(C)c2c1C. The molecule has 0 bridgehead atoms. The first-order valence-electron chi connectivity index (χ1n) is 5.28. The third kappa shape index (κ3) is 1.30. The van der Waals surface area contributed by atoms with Crippen LogP contribution in [0.1, 0.15) is 22.3 Å². The van der Waals surface area contributed by atoms with Gasteiger partial charge < -0.3 is 5.73 Å². The van der Waals surface area contributed by atoms with Gasteiger partial charge in [0.2, 0.25) is 0 Å². The van der Waals surface area contributed by atoms with E-state index in [0.717, 1.165) is 5.69 Å². The van der Waals surface area contributed by atoms with Crippen LogP contribution in [0.4, 0.5) is 5.69 Å². The Morgan fingerprint density at radius 2 is 1.53 bits per heavy atom. The standard InChI is InChI=1S/C14H17N/c1-8-6-5-7-12-11(4)14(15)10(3)9(2)13(8)12/h5-7H,15H2,1-4H3. The van der Waals surface area contributed by atoms with Crippen molar-refractivity contribution in [2.24, 2.45) is 0 Å². The quantitative estimate of drug-likeness (QED) is 0.644. The van der Waals surface area contributed by atoms with Crippen molar-refractivity contribution >= 4 is 16.5 Å². The highest BCUT2D eigenvalue weighted by atomic mass is 14.6. The molecule has 0 fully saturated rings. The number of hydrogen-bond donors (Lipinski definition) is 1. The molecular weight excluding hydrogens is 182 g/mol. The molecule has 0 saturated heterocycles. The lowest BCUT2D eigenvalue weighted by Gasteiger charge is -2.15. The summed E-state index contributed by atoms with van der Waals surface area (Å²) < 4.78 is 0. The number of nitrogen functional groups attached to an aromatic ring is 1. The first-order valence-corrected chi connectivity index (χ1v) is 5.28. The number of anilines is 1. The molecule has 0 aliphatic rings. The van der Waals surface area contributed by atoms with Crippen LogP contribution in [0.5, 0.6) is 0 Å². The topological polar surface area (TPSA) is 26.0 Å². The molecule has 1 nitrogen and oxygen atoms in total. The van der Waals surface area contributed by atoms with Crippen LogP contribution in [0, 0.1) is 27.7 Å². The maximum Gasteiger partial charge on any atom is 0.0382 e. The van der Waals surface area contributed by atoms with E-state index in [9.17, 15) is 0 Å². The average molecular weight is 199 g/mol. The van der Waals surface area contributed by atoms with E-state index < -0.39 is 0 Å². The van der Waals surface area contributed by atoms with Gasteiger partial charge in [-0.05, 0) is 60.7 Å². The molecule has 0 unspecified atom stereocenters. The molecule has 15 heavy (non-hydrogen) atoms. The Labute approximate surface area is 90.9 Å². The Kier molecular flexibility index (Phi) is 2.18. The first-order chi connectivity index (χ1) is 7.04. The average Bonchev–Trinajstić information content (AvgIpc) is 2.23. The van der Waals surface area contributed by atoms with Crippen molar-refractivity contribution in [1.82, 2.24) is 0 Å². The number of nitrogens with two attached hydrogens (primary N) is 1. The molecule has 0 aromatic heterocycles. The van der Waals surface area contributed by atoms with E-state index in [1.807, 2.05) is 0 Å². The number of aryl methyl sites for hydroxylation is 3. The van der Waals surface area contributed by atoms with Gasteiger partial charge in [-0.3, -0.25) is 0 Å². The minimum atomic E-state index is 0.936. The second-order valence-corrected chi connectivity index (χ2v) is 4.29. The minimum Gasteiger partial charge on any atom is -0.398 e. The highest BCUT2D eigenvalue weighted by Gasteiger charge is 2.10. The summed E-state index contributed by atoms with van der Waals surface area (Å²) in [5.41, 5.74) is 12.1. The largest absolute Gasteiger partial charge is 0.398 e. The van der Waals surface area contributed by atoms with Gasteiger partial charge in [0.05, 0.1) is 0 Å². The predicted octanol–water partition coefficient (Wildman–Crippen LogP) is 3.66. The zero-order valence-electron chi connectivity index (χ0n) is 9.81. The van der Waals surface area contributed by atoms with Gasteiger partial charge in [0.15, 0.2) is 0 Å². The van der Waals surface area contributed by atoms with Gasteiger partial charge in [-0.2, -0.15) is 0 Å². The molecule has 0 atom stereocenters. The summed E-state index contributed by atoms with van der Waals surface area (Å²) in [6, 6.07) is 6.41. The van der Waals surface area contributed by atoms with E-state index in [1.54, 1.807) is 0 Å². The Morgan fingerprint density at radius 3 is 2.20 bits per heavy atom. The predicted molar refractivity (Wildman–Crippen MR) is 67.3 cm³/mol. The van der Waals surface area contributed by atoms with Gasteiger partial charge in [-0.25, -0.2) is 0 Å². The fourth-order valence-electron chi connectivity index (χ4n) is 2.29. The second kappa shape index (κ2) is 3.27. The Bertz CT molecular complexity index is 539. The Hall–Kier alpha value is -1.50. The first kappa shape index (κ1) is 10.0. The fourth-order valence-corrected chi connectivity index (χ4v) is 2.29. The molecule has 0 heterocycles. The van der Waals surface area contributed by atoms with E-state index in [0.29, 0.717) is 0 Å². The van der Waals surface area contributed by atoms with Gasteiger partial charge in [-0.1, -0.05) is 18.2 Å². The van der Waals surface area contributed by atoms with Gasteiger partial charge >= 0.3 is 0 Å². The van der Waals surface area contributed by atoms with Crippen molar-refractivity contribution in [1.29, 1.82) is 0 Å². The van der Waals surface area contributed by atoms with Gasteiger partial charge in [0.1, 0.15) is 0 Å².